The van der Waals surface area contributed by atoms with E-state index in [0.29, 0.717) is 6.54 Å². The van der Waals surface area contributed by atoms with E-state index in [1.165, 1.54) is 32.1 Å². The van der Waals surface area contributed by atoms with Crippen LogP contribution in [0.15, 0.2) is 12.5 Å². The van der Waals surface area contributed by atoms with E-state index in [4.69, 9.17) is 0 Å². The molecule has 2 saturated carbocycles. The fraction of sp³-hybridized carbons (Fsp3) is 0.733. The van der Waals surface area contributed by atoms with Gasteiger partial charge in [-0.1, -0.05) is 25.7 Å². The van der Waals surface area contributed by atoms with Gasteiger partial charge in [-0.05, 0) is 31.1 Å². The van der Waals surface area contributed by atoms with Crippen LogP contribution in [0.1, 0.15) is 50.6 Å². The third-order valence-corrected chi connectivity index (χ3v) is 4.92. The maximum atomic E-state index is 12.2. The number of aromatic nitrogens is 2. The van der Waals surface area contributed by atoms with Crippen LogP contribution in [0.4, 0.5) is 0 Å². The van der Waals surface area contributed by atoms with Crippen molar-refractivity contribution in [3.8, 4) is 0 Å². The first-order valence-electron chi connectivity index (χ1n) is 7.58. The molecule has 0 aromatic carbocycles. The molecule has 3 atom stereocenters. The minimum absolute atomic E-state index is 0.235. The van der Waals surface area contributed by atoms with Crippen LogP contribution in [0, 0.1) is 17.8 Å². The van der Waals surface area contributed by atoms with Gasteiger partial charge < -0.3 is 10.3 Å². The Morgan fingerprint density at radius 1 is 1.26 bits per heavy atom. The number of carbonyl (C=O) groups excluding carboxylic acids is 1. The molecular formula is C15H23N3O. The fourth-order valence-electron chi connectivity index (χ4n) is 3.82. The van der Waals surface area contributed by atoms with Crippen LogP contribution in [0.3, 0.4) is 0 Å². The highest BCUT2D eigenvalue weighted by molar-refractivity contribution is 5.78. The van der Waals surface area contributed by atoms with Gasteiger partial charge in [0.25, 0.3) is 0 Å². The summed E-state index contributed by atoms with van der Waals surface area (Å²) in [5.41, 5.74) is 0.972. The van der Waals surface area contributed by atoms with Gasteiger partial charge in [0.15, 0.2) is 0 Å². The Labute approximate surface area is 114 Å². The van der Waals surface area contributed by atoms with E-state index in [1.807, 2.05) is 0 Å². The number of hydrogen-bond donors (Lipinski definition) is 2. The number of nitrogens with zero attached hydrogens (tertiary/aromatic N) is 1. The first-order valence-corrected chi connectivity index (χ1v) is 7.58. The van der Waals surface area contributed by atoms with E-state index < -0.39 is 0 Å². The molecular weight excluding hydrogens is 238 g/mol. The van der Waals surface area contributed by atoms with Crippen LogP contribution in [-0.4, -0.2) is 15.9 Å². The molecule has 0 radical (unpaired) electrons. The molecule has 2 aliphatic rings. The minimum Gasteiger partial charge on any atom is -0.350 e. The van der Waals surface area contributed by atoms with Crippen molar-refractivity contribution in [2.24, 2.45) is 17.8 Å². The minimum atomic E-state index is 0.235. The Balaban J connectivity index is 1.50. The molecule has 1 heterocycles. The van der Waals surface area contributed by atoms with Gasteiger partial charge in [-0.2, -0.15) is 0 Å². The van der Waals surface area contributed by atoms with Gasteiger partial charge in [0.05, 0.1) is 18.6 Å². The molecule has 19 heavy (non-hydrogen) atoms. The lowest BCUT2D eigenvalue weighted by atomic mass is 9.67. The molecule has 2 aliphatic carbocycles. The molecule has 3 rings (SSSR count). The van der Waals surface area contributed by atoms with Crippen LogP contribution in [0.25, 0.3) is 0 Å². The Morgan fingerprint density at radius 3 is 2.89 bits per heavy atom. The summed E-state index contributed by atoms with van der Waals surface area (Å²) in [6.07, 6.45) is 12.4. The van der Waals surface area contributed by atoms with Crippen LogP contribution in [0.2, 0.25) is 0 Å². The molecule has 4 heteroatoms. The lowest BCUT2D eigenvalue weighted by molar-refractivity contribution is -0.127. The van der Waals surface area contributed by atoms with E-state index in [9.17, 15) is 4.79 Å². The van der Waals surface area contributed by atoms with Crippen molar-refractivity contribution >= 4 is 5.91 Å². The van der Waals surface area contributed by atoms with Gasteiger partial charge >= 0.3 is 0 Å². The first-order chi connectivity index (χ1) is 9.33. The Morgan fingerprint density at radius 2 is 2.11 bits per heavy atom. The number of fused-ring (bicyclic) bond motifs is 1. The lowest BCUT2D eigenvalue weighted by Crippen LogP contribution is -2.37. The van der Waals surface area contributed by atoms with Crippen molar-refractivity contribution in [3.63, 3.8) is 0 Å². The van der Waals surface area contributed by atoms with E-state index in [2.05, 4.69) is 15.3 Å². The Hall–Kier alpha value is -1.32. The predicted octanol–water partition coefficient (Wildman–Crippen LogP) is 2.63. The van der Waals surface area contributed by atoms with Crippen LogP contribution >= 0.6 is 0 Å². The second-order valence-electron chi connectivity index (χ2n) is 6.11. The number of rotatable bonds is 3. The second kappa shape index (κ2) is 5.76. The summed E-state index contributed by atoms with van der Waals surface area (Å²) in [6.45, 7) is 0.573. The highest BCUT2D eigenvalue weighted by Gasteiger charge is 2.34. The molecule has 2 N–H and O–H groups in total. The SMILES string of the molecule is O=C(NCc1cnc[nH]1)C1CCC2CCCCC2C1. The highest BCUT2D eigenvalue weighted by Crippen LogP contribution is 2.42. The molecule has 1 amide bonds. The summed E-state index contributed by atoms with van der Waals surface area (Å²) in [6, 6.07) is 0. The van der Waals surface area contributed by atoms with Gasteiger partial charge in [0.2, 0.25) is 5.91 Å². The number of imidazole rings is 1. The normalized spacial score (nSPS) is 30.6. The molecule has 4 nitrogen and oxygen atoms in total. The van der Waals surface area contributed by atoms with Crippen LogP contribution in [0.5, 0.6) is 0 Å². The van der Waals surface area contributed by atoms with Gasteiger partial charge in [0.1, 0.15) is 0 Å². The monoisotopic (exact) mass is 261 g/mol. The van der Waals surface area contributed by atoms with E-state index in [1.54, 1.807) is 12.5 Å². The Kier molecular flexibility index (Phi) is 3.85. The first kappa shape index (κ1) is 12.7. The third kappa shape index (κ3) is 2.99. The molecule has 1 aromatic rings. The van der Waals surface area contributed by atoms with E-state index >= 15 is 0 Å². The molecule has 104 valence electrons. The van der Waals surface area contributed by atoms with Gasteiger partial charge in [-0.15, -0.1) is 0 Å². The summed E-state index contributed by atoms with van der Waals surface area (Å²) in [5.74, 6) is 2.19. The van der Waals surface area contributed by atoms with Crippen molar-refractivity contribution < 1.29 is 4.79 Å². The molecule has 0 saturated heterocycles. The quantitative estimate of drug-likeness (QED) is 0.878. The number of aromatic amines is 1. The highest BCUT2D eigenvalue weighted by atomic mass is 16.1. The zero-order valence-corrected chi connectivity index (χ0v) is 11.4. The lowest BCUT2D eigenvalue weighted by Gasteiger charge is -2.38. The summed E-state index contributed by atoms with van der Waals surface area (Å²) in [4.78, 5) is 19.2. The maximum absolute atomic E-state index is 12.2. The molecule has 3 unspecified atom stereocenters. The third-order valence-electron chi connectivity index (χ3n) is 4.92. The molecule has 2 fully saturated rings. The van der Waals surface area contributed by atoms with Crippen molar-refractivity contribution in [3.05, 3.63) is 18.2 Å². The standard InChI is InChI=1S/C15H23N3O/c19-15(17-9-14-8-16-10-18-14)13-6-5-11-3-1-2-4-12(11)7-13/h8,10-13H,1-7,9H2,(H,16,18)(H,17,19). The summed E-state index contributed by atoms with van der Waals surface area (Å²) in [5, 5.41) is 3.04. The molecule has 0 bridgehead atoms. The number of hydrogen-bond acceptors (Lipinski definition) is 2. The number of carbonyl (C=O) groups is 1. The van der Waals surface area contributed by atoms with Crippen molar-refractivity contribution in [2.45, 2.75) is 51.5 Å². The predicted molar refractivity (Wildman–Crippen MR) is 73.2 cm³/mol. The van der Waals surface area contributed by atoms with Gasteiger partial charge in [-0.25, -0.2) is 4.98 Å². The summed E-state index contributed by atoms with van der Waals surface area (Å²) >= 11 is 0. The zero-order valence-electron chi connectivity index (χ0n) is 11.4. The molecule has 1 aromatic heterocycles. The number of amides is 1. The topological polar surface area (TPSA) is 57.8 Å². The number of H-pyrrole nitrogens is 1. The summed E-state index contributed by atoms with van der Waals surface area (Å²) < 4.78 is 0. The van der Waals surface area contributed by atoms with Crippen LogP contribution in [-0.2, 0) is 11.3 Å². The van der Waals surface area contributed by atoms with Gasteiger partial charge in [0, 0.05) is 12.1 Å². The van der Waals surface area contributed by atoms with Crippen molar-refractivity contribution in [1.82, 2.24) is 15.3 Å². The van der Waals surface area contributed by atoms with E-state index in [0.717, 1.165) is 30.4 Å². The van der Waals surface area contributed by atoms with Crippen molar-refractivity contribution in [2.75, 3.05) is 0 Å². The molecule has 0 spiro atoms. The zero-order chi connectivity index (χ0) is 13.1. The average molecular weight is 261 g/mol. The Bertz CT molecular complexity index is 415. The van der Waals surface area contributed by atoms with Crippen LogP contribution < -0.4 is 5.32 Å². The fourth-order valence-corrected chi connectivity index (χ4v) is 3.82. The summed E-state index contributed by atoms with van der Waals surface area (Å²) in [7, 11) is 0. The molecule has 0 aliphatic heterocycles. The van der Waals surface area contributed by atoms with Gasteiger partial charge in [-0.3, -0.25) is 4.79 Å². The smallest absolute Gasteiger partial charge is 0.223 e. The largest absolute Gasteiger partial charge is 0.350 e. The average Bonchev–Trinajstić information content (AvgIpc) is 2.97. The van der Waals surface area contributed by atoms with E-state index in [-0.39, 0.29) is 11.8 Å². The second-order valence-corrected chi connectivity index (χ2v) is 6.11. The maximum Gasteiger partial charge on any atom is 0.223 e. The number of nitrogens with one attached hydrogen (secondary N) is 2. The van der Waals surface area contributed by atoms with Crippen molar-refractivity contribution in [1.29, 1.82) is 0 Å².